The van der Waals surface area contributed by atoms with E-state index in [1.165, 1.54) is 7.11 Å². The van der Waals surface area contributed by atoms with E-state index in [4.69, 9.17) is 9.47 Å². The van der Waals surface area contributed by atoms with Crippen LogP contribution in [0.15, 0.2) is 12.1 Å². The molecule has 1 aliphatic rings. The van der Waals surface area contributed by atoms with E-state index in [-0.39, 0.29) is 11.6 Å². The van der Waals surface area contributed by atoms with Crippen LogP contribution in [0.1, 0.15) is 0 Å². The van der Waals surface area contributed by atoms with Crippen LogP contribution in [-0.4, -0.2) is 40.4 Å². The van der Waals surface area contributed by atoms with E-state index in [9.17, 15) is 4.39 Å². The maximum Gasteiger partial charge on any atom is 0.192 e. The fourth-order valence-corrected chi connectivity index (χ4v) is 2.03. The number of benzene rings is 1. The van der Waals surface area contributed by atoms with E-state index >= 15 is 0 Å². The molecule has 1 saturated heterocycles. The molecule has 94 valence electrons. The Morgan fingerprint density at radius 2 is 1.71 bits per heavy atom. The van der Waals surface area contributed by atoms with Crippen LogP contribution in [0.4, 0.5) is 10.1 Å². The Kier molecular flexibility index (Phi) is 3.68. The van der Waals surface area contributed by atoms with E-state index in [0.717, 1.165) is 26.2 Å². The summed E-state index contributed by atoms with van der Waals surface area (Å²) in [4.78, 5) is 1.98. The molecule has 0 bridgehead atoms. The summed E-state index contributed by atoms with van der Waals surface area (Å²) in [5.74, 6) is 0.443. The van der Waals surface area contributed by atoms with Gasteiger partial charge in [0.05, 0.1) is 14.2 Å². The third-order valence-electron chi connectivity index (χ3n) is 2.92. The minimum absolute atomic E-state index is 0.249. The van der Waals surface area contributed by atoms with Crippen LogP contribution in [0, 0.1) is 5.82 Å². The normalized spacial score (nSPS) is 15.8. The van der Waals surface area contributed by atoms with Gasteiger partial charge in [-0.2, -0.15) is 0 Å². The Hall–Kier alpha value is -1.49. The van der Waals surface area contributed by atoms with Crippen molar-refractivity contribution in [3.63, 3.8) is 0 Å². The number of rotatable bonds is 3. The smallest absolute Gasteiger partial charge is 0.192 e. The molecule has 0 aliphatic carbocycles. The van der Waals surface area contributed by atoms with Crippen molar-refractivity contribution in [2.24, 2.45) is 0 Å². The van der Waals surface area contributed by atoms with Gasteiger partial charge in [-0.3, -0.25) is 0 Å². The van der Waals surface area contributed by atoms with Crippen molar-refractivity contribution < 1.29 is 13.9 Å². The standard InChI is InChI=1S/C12H17FN2O2/c1-16-9-3-4-10(17-2)12(11(9)13)15-7-5-14-6-8-15/h3-4,14H,5-8H2,1-2H3. The van der Waals surface area contributed by atoms with Crippen molar-refractivity contribution in [1.29, 1.82) is 0 Å². The summed E-state index contributed by atoms with van der Waals surface area (Å²) in [7, 11) is 3.01. The second kappa shape index (κ2) is 5.23. The molecule has 0 saturated carbocycles. The maximum absolute atomic E-state index is 14.2. The molecule has 1 aliphatic heterocycles. The number of anilines is 1. The van der Waals surface area contributed by atoms with E-state index in [2.05, 4.69) is 5.32 Å². The van der Waals surface area contributed by atoms with E-state index in [1.54, 1.807) is 19.2 Å². The second-order valence-electron chi connectivity index (χ2n) is 3.87. The van der Waals surface area contributed by atoms with E-state index in [1.807, 2.05) is 4.90 Å². The minimum atomic E-state index is -0.353. The first-order chi connectivity index (χ1) is 8.27. The molecule has 0 amide bonds. The molecule has 0 radical (unpaired) electrons. The Morgan fingerprint density at radius 3 is 2.29 bits per heavy atom. The van der Waals surface area contributed by atoms with E-state index < -0.39 is 0 Å². The molecule has 1 aromatic rings. The lowest BCUT2D eigenvalue weighted by Crippen LogP contribution is -2.44. The molecule has 1 N–H and O–H groups in total. The highest BCUT2D eigenvalue weighted by Gasteiger charge is 2.21. The lowest BCUT2D eigenvalue weighted by Gasteiger charge is -2.31. The highest BCUT2D eigenvalue weighted by Crippen LogP contribution is 2.36. The van der Waals surface area contributed by atoms with Crippen LogP contribution in [0.2, 0.25) is 0 Å². The van der Waals surface area contributed by atoms with Gasteiger partial charge in [0.2, 0.25) is 0 Å². The molecule has 2 rings (SSSR count). The van der Waals surface area contributed by atoms with Gasteiger partial charge in [-0.25, -0.2) is 4.39 Å². The average Bonchev–Trinajstić information content (AvgIpc) is 2.39. The zero-order chi connectivity index (χ0) is 12.3. The number of methoxy groups -OCH3 is 2. The summed E-state index contributed by atoms with van der Waals surface area (Å²) in [6, 6.07) is 3.32. The first-order valence-corrected chi connectivity index (χ1v) is 5.64. The second-order valence-corrected chi connectivity index (χ2v) is 3.87. The average molecular weight is 240 g/mol. The lowest BCUT2D eigenvalue weighted by molar-refractivity contribution is 0.376. The van der Waals surface area contributed by atoms with Crippen molar-refractivity contribution in [3.05, 3.63) is 17.9 Å². The van der Waals surface area contributed by atoms with Crippen LogP contribution in [0.25, 0.3) is 0 Å². The van der Waals surface area contributed by atoms with Crippen LogP contribution in [0.5, 0.6) is 11.5 Å². The van der Waals surface area contributed by atoms with Crippen molar-refractivity contribution >= 4 is 5.69 Å². The number of halogens is 1. The topological polar surface area (TPSA) is 33.7 Å². The van der Waals surface area contributed by atoms with Crippen molar-refractivity contribution in [2.45, 2.75) is 0 Å². The van der Waals surface area contributed by atoms with Gasteiger partial charge >= 0.3 is 0 Å². The molecule has 5 heteroatoms. The molecular weight excluding hydrogens is 223 g/mol. The quantitative estimate of drug-likeness (QED) is 0.862. The summed E-state index contributed by atoms with van der Waals surface area (Å²) >= 11 is 0. The molecule has 4 nitrogen and oxygen atoms in total. The Labute approximate surface area is 100 Å². The van der Waals surface area contributed by atoms with Gasteiger partial charge in [0.15, 0.2) is 11.6 Å². The molecule has 1 fully saturated rings. The fraction of sp³-hybridized carbons (Fsp3) is 0.500. The predicted octanol–water partition coefficient (Wildman–Crippen LogP) is 1.25. The van der Waals surface area contributed by atoms with Gasteiger partial charge in [0, 0.05) is 26.2 Å². The molecule has 0 aromatic heterocycles. The van der Waals surface area contributed by atoms with Crippen LogP contribution in [0.3, 0.4) is 0 Å². The maximum atomic E-state index is 14.2. The third-order valence-corrected chi connectivity index (χ3v) is 2.92. The molecule has 17 heavy (non-hydrogen) atoms. The Morgan fingerprint density at radius 1 is 1.12 bits per heavy atom. The summed E-state index contributed by atoms with van der Waals surface area (Å²) in [6.45, 7) is 3.22. The molecule has 1 heterocycles. The highest BCUT2D eigenvalue weighted by molar-refractivity contribution is 5.63. The summed E-state index contributed by atoms with van der Waals surface area (Å²) in [5.41, 5.74) is 0.494. The fourth-order valence-electron chi connectivity index (χ4n) is 2.03. The zero-order valence-electron chi connectivity index (χ0n) is 10.1. The number of hydrogen-bond acceptors (Lipinski definition) is 4. The molecular formula is C12H17FN2O2. The summed E-state index contributed by atoms with van der Waals surface area (Å²) in [6.07, 6.45) is 0. The van der Waals surface area contributed by atoms with Crippen molar-refractivity contribution in [3.8, 4) is 11.5 Å². The Balaban J connectivity index is 2.40. The summed E-state index contributed by atoms with van der Waals surface area (Å²) < 4.78 is 24.5. The molecule has 0 unspecified atom stereocenters. The first-order valence-electron chi connectivity index (χ1n) is 5.64. The van der Waals surface area contributed by atoms with Crippen LogP contribution < -0.4 is 19.7 Å². The van der Waals surface area contributed by atoms with E-state index in [0.29, 0.717) is 11.4 Å². The molecule has 0 atom stereocenters. The summed E-state index contributed by atoms with van der Waals surface area (Å²) in [5, 5.41) is 3.23. The highest BCUT2D eigenvalue weighted by atomic mass is 19.1. The molecule has 0 spiro atoms. The number of nitrogens with zero attached hydrogens (tertiary/aromatic N) is 1. The lowest BCUT2D eigenvalue weighted by atomic mass is 10.2. The van der Waals surface area contributed by atoms with Gasteiger partial charge in [-0.05, 0) is 12.1 Å². The Bertz CT molecular complexity index is 392. The van der Waals surface area contributed by atoms with Crippen LogP contribution in [-0.2, 0) is 0 Å². The number of piperazine rings is 1. The SMILES string of the molecule is COc1ccc(OC)c(N2CCNCC2)c1F. The first kappa shape index (κ1) is 12.0. The van der Waals surface area contributed by atoms with Crippen LogP contribution >= 0.6 is 0 Å². The van der Waals surface area contributed by atoms with Crippen molar-refractivity contribution in [1.82, 2.24) is 5.32 Å². The monoisotopic (exact) mass is 240 g/mol. The van der Waals surface area contributed by atoms with Gasteiger partial charge in [0.25, 0.3) is 0 Å². The van der Waals surface area contributed by atoms with Gasteiger partial charge in [0.1, 0.15) is 11.4 Å². The minimum Gasteiger partial charge on any atom is -0.494 e. The predicted molar refractivity (Wildman–Crippen MR) is 64.6 cm³/mol. The molecule has 1 aromatic carbocycles. The van der Waals surface area contributed by atoms with Gasteiger partial charge < -0.3 is 19.7 Å². The van der Waals surface area contributed by atoms with Gasteiger partial charge in [-0.15, -0.1) is 0 Å². The number of nitrogens with one attached hydrogen (secondary N) is 1. The third kappa shape index (κ3) is 2.29. The zero-order valence-corrected chi connectivity index (χ0v) is 10.1. The number of hydrogen-bond donors (Lipinski definition) is 1. The van der Waals surface area contributed by atoms with Gasteiger partial charge in [-0.1, -0.05) is 0 Å². The largest absolute Gasteiger partial charge is 0.494 e. The van der Waals surface area contributed by atoms with Crippen molar-refractivity contribution in [2.75, 3.05) is 45.3 Å². The number of ether oxygens (including phenoxy) is 2.